The van der Waals surface area contributed by atoms with Gasteiger partial charge in [0.05, 0.1) is 10.7 Å². The van der Waals surface area contributed by atoms with Crippen LogP contribution in [0.2, 0.25) is 0 Å². The second-order valence-corrected chi connectivity index (χ2v) is 4.29. The SMILES string of the molecule is CCCNc1nc(N)nc(-c2ccco2)c1Br. The van der Waals surface area contributed by atoms with Crippen LogP contribution in [0.5, 0.6) is 0 Å². The maximum Gasteiger partial charge on any atom is 0.222 e. The fraction of sp³-hybridized carbons (Fsp3) is 0.273. The molecule has 2 aromatic heterocycles. The maximum atomic E-state index is 5.68. The summed E-state index contributed by atoms with van der Waals surface area (Å²) in [5.41, 5.74) is 6.34. The Morgan fingerprint density at radius 1 is 1.47 bits per heavy atom. The van der Waals surface area contributed by atoms with Crippen LogP contribution in [0.1, 0.15) is 13.3 Å². The fourth-order valence-electron chi connectivity index (χ4n) is 1.40. The second kappa shape index (κ2) is 5.18. The molecular formula is C11H13BrN4O. The van der Waals surface area contributed by atoms with E-state index in [-0.39, 0.29) is 5.95 Å². The number of hydrogen-bond acceptors (Lipinski definition) is 5. The zero-order chi connectivity index (χ0) is 12.3. The van der Waals surface area contributed by atoms with Crippen LogP contribution in [-0.2, 0) is 0 Å². The summed E-state index contributed by atoms with van der Waals surface area (Å²) in [4.78, 5) is 8.32. The van der Waals surface area contributed by atoms with Crippen LogP contribution >= 0.6 is 15.9 Å². The summed E-state index contributed by atoms with van der Waals surface area (Å²) in [6.45, 7) is 2.91. The van der Waals surface area contributed by atoms with E-state index in [1.807, 2.05) is 6.07 Å². The van der Waals surface area contributed by atoms with Crippen molar-refractivity contribution in [2.24, 2.45) is 0 Å². The van der Waals surface area contributed by atoms with Gasteiger partial charge in [-0.3, -0.25) is 0 Å². The minimum atomic E-state index is 0.221. The van der Waals surface area contributed by atoms with Gasteiger partial charge in [-0.25, -0.2) is 4.98 Å². The number of hydrogen-bond donors (Lipinski definition) is 2. The summed E-state index contributed by atoms with van der Waals surface area (Å²) >= 11 is 3.46. The molecule has 2 aromatic rings. The highest BCUT2D eigenvalue weighted by Crippen LogP contribution is 2.32. The molecule has 0 unspecified atom stereocenters. The number of nitrogens with one attached hydrogen (secondary N) is 1. The molecule has 3 N–H and O–H groups in total. The molecule has 5 nitrogen and oxygen atoms in total. The third-order valence-electron chi connectivity index (χ3n) is 2.17. The average Bonchev–Trinajstić information content (AvgIpc) is 2.83. The molecule has 90 valence electrons. The maximum absolute atomic E-state index is 5.68. The molecule has 0 fully saturated rings. The number of nitrogen functional groups attached to an aromatic ring is 1. The quantitative estimate of drug-likeness (QED) is 0.907. The van der Waals surface area contributed by atoms with Gasteiger partial charge in [-0.15, -0.1) is 0 Å². The average molecular weight is 297 g/mol. The van der Waals surface area contributed by atoms with Crippen molar-refractivity contribution in [3.63, 3.8) is 0 Å². The van der Waals surface area contributed by atoms with Crippen molar-refractivity contribution in [1.29, 1.82) is 0 Å². The molecule has 6 heteroatoms. The van der Waals surface area contributed by atoms with Crippen molar-refractivity contribution in [2.45, 2.75) is 13.3 Å². The van der Waals surface area contributed by atoms with Crippen LogP contribution in [0.3, 0.4) is 0 Å². The Hall–Kier alpha value is -1.56. The van der Waals surface area contributed by atoms with E-state index in [4.69, 9.17) is 10.2 Å². The molecule has 0 amide bonds. The molecule has 0 spiro atoms. The highest BCUT2D eigenvalue weighted by molar-refractivity contribution is 9.10. The first kappa shape index (κ1) is 11.9. The van der Waals surface area contributed by atoms with E-state index in [1.54, 1.807) is 12.3 Å². The molecule has 0 saturated carbocycles. The van der Waals surface area contributed by atoms with Crippen molar-refractivity contribution in [1.82, 2.24) is 9.97 Å². The van der Waals surface area contributed by atoms with E-state index in [1.165, 1.54) is 0 Å². The zero-order valence-corrected chi connectivity index (χ0v) is 11.0. The molecular weight excluding hydrogens is 284 g/mol. The molecule has 2 heterocycles. The van der Waals surface area contributed by atoms with E-state index in [2.05, 4.69) is 38.1 Å². The third-order valence-corrected chi connectivity index (χ3v) is 2.92. The number of halogens is 1. The number of aromatic nitrogens is 2. The smallest absolute Gasteiger partial charge is 0.222 e. The monoisotopic (exact) mass is 296 g/mol. The van der Waals surface area contributed by atoms with Gasteiger partial charge in [0.2, 0.25) is 5.95 Å². The predicted molar refractivity (Wildman–Crippen MR) is 70.6 cm³/mol. The highest BCUT2D eigenvalue weighted by atomic mass is 79.9. The van der Waals surface area contributed by atoms with Crippen LogP contribution in [-0.4, -0.2) is 16.5 Å². The summed E-state index contributed by atoms with van der Waals surface area (Å²) in [7, 11) is 0. The number of rotatable bonds is 4. The van der Waals surface area contributed by atoms with Gasteiger partial charge < -0.3 is 15.5 Å². The summed E-state index contributed by atoms with van der Waals surface area (Å²) in [6.07, 6.45) is 2.60. The Balaban J connectivity index is 2.42. The van der Waals surface area contributed by atoms with Crippen molar-refractivity contribution in [3.05, 3.63) is 22.9 Å². The van der Waals surface area contributed by atoms with Crippen molar-refractivity contribution in [2.75, 3.05) is 17.6 Å². The lowest BCUT2D eigenvalue weighted by Gasteiger charge is -2.09. The zero-order valence-electron chi connectivity index (χ0n) is 9.40. The summed E-state index contributed by atoms with van der Waals surface area (Å²) < 4.78 is 6.07. The highest BCUT2D eigenvalue weighted by Gasteiger charge is 2.14. The number of nitrogens with zero attached hydrogens (tertiary/aromatic N) is 2. The Morgan fingerprint density at radius 3 is 2.94 bits per heavy atom. The van der Waals surface area contributed by atoms with Gasteiger partial charge in [0.15, 0.2) is 5.76 Å². The van der Waals surface area contributed by atoms with Gasteiger partial charge >= 0.3 is 0 Å². The normalized spacial score (nSPS) is 10.5. The minimum Gasteiger partial charge on any atom is -0.463 e. The summed E-state index contributed by atoms with van der Waals surface area (Å²) in [6, 6.07) is 3.63. The number of anilines is 2. The van der Waals surface area contributed by atoms with E-state index < -0.39 is 0 Å². The van der Waals surface area contributed by atoms with Crippen LogP contribution in [0.25, 0.3) is 11.5 Å². The molecule has 0 atom stereocenters. The molecule has 0 radical (unpaired) electrons. The van der Waals surface area contributed by atoms with E-state index >= 15 is 0 Å². The lowest BCUT2D eigenvalue weighted by atomic mass is 10.3. The van der Waals surface area contributed by atoms with Crippen molar-refractivity contribution >= 4 is 27.7 Å². The summed E-state index contributed by atoms with van der Waals surface area (Å²) in [5.74, 6) is 1.56. The van der Waals surface area contributed by atoms with Gasteiger partial charge in [0, 0.05) is 6.54 Å². The van der Waals surface area contributed by atoms with E-state index in [9.17, 15) is 0 Å². The Morgan fingerprint density at radius 2 is 2.29 bits per heavy atom. The predicted octanol–water partition coefficient (Wildman–Crippen LogP) is 2.90. The molecule has 0 bridgehead atoms. The molecule has 0 aromatic carbocycles. The molecule has 0 aliphatic heterocycles. The van der Waals surface area contributed by atoms with Gasteiger partial charge in [0.25, 0.3) is 0 Å². The van der Waals surface area contributed by atoms with Crippen LogP contribution < -0.4 is 11.1 Å². The molecule has 0 saturated heterocycles. The largest absolute Gasteiger partial charge is 0.463 e. The van der Waals surface area contributed by atoms with Crippen LogP contribution in [0.4, 0.5) is 11.8 Å². The lowest BCUT2D eigenvalue weighted by Crippen LogP contribution is -2.07. The lowest BCUT2D eigenvalue weighted by molar-refractivity contribution is 0.579. The Labute approximate surface area is 108 Å². The standard InChI is InChI=1S/C11H13BrN4O/c1-2-5-14-10-8(12)9(15-11(13)16-10)7-4-3-6-17-7/h3-4,6H,2,5H2,1H3,(H3,13,14,15,16). The molecule has 0 aliphatic rings. The summed E-state index contributed by atoms with van der Waals surface area (Å²) in [5, 5.41) is 3.19. The van der Waals surface area contributed by atoms with Gasteiger partial charge in [0.1, 0.15) is 11.5 Å². The van der Waals surface area contributed by atoms with E-state index in [0.29, 0.717) is 17.3 Å². The van der Waals surface area contributed by atoms with Crippen molar-refractivity contribution < 1.29 is 4.42 Å². The van der Waals surface area contributed by atoms with E-state index in [0.717, 1.165) is 17.4 Å². The minimum absolute atomic E-state index is 0.221. The molecule has 2 rings (SSSR count). The van der Waals surface area contributed by atoms with Gasteiger partial charge in [-0.05, 0) is 34.5 Å². The first-order chi connectivity index (χ1) is 8.22. The first-order valence-corrected chi connectivity index (χ1v) is 6.12. The number of nitrogens with two attached hydrogens (primary N) is 1. The molecule has 0 aliphatic carbocycles. The van der Waals surface area contributed by atoms with Gasteiger partial charge in [-0.2, -0.15) is 4.98 Å². The fourth-order valence-corrected chi connectivity index (χ4v) is 1.91. The third kappa shape index (κ3) is 2.58. The number of furan rings is 1. The second-order valence-electron chi connectivity index (χ2n) is 3.50. The first-order valence-electron chi connectivity index (χ1n) is 5.33. The Kier molecular flexibility index (Phi) is 3.63. The van der Waals surface area contributed by atoms with Crippen LogP contribution in [0, 0.1) is 0 Å². The Bertz CT molecular complexity index is 498. The van der Waals surface area contributed by atoms with Gasteiger partial charge in [-0.1, -0.05) is 6.92 Å². The van der Waals surface area contributed by atoms with Crippen molar-refractivity contribution in [3.8, 4) is 11.5 Å². The van der Waals surface area contributed by atoms with Crippen LogP contribution in [0.15, 0.2) is 27.3 Å². The molecule has 17 heavy (non-hydrogen) atoms. The topological polar surface area (TPSA) is 77.0 Å².